The maximum atomic E-state index is 11.8. The summed E-state index contributed by atoms with van der Waals surface area (Å²) < 4.78 is -1.67. The summed E-state index contributed by atoms with van der Waals surface area (Å²) in [4.78, 5) is 11.8. The molecule has 1 amide bonds. The molecule has 0 saturated heterocycles. The third-order valence-electron chi connectivity index (χ3n) is 3.20. The number of benzene rings is 2. The number of nitrogens with one attached hydrogen (secondary N) is 2. The van der Waals surface area contributed by atoms with E-state index in [2.05, 4.69) is 10.6 Å². The van der Waals surface area contributed by atoms with Gasteiger partial charge < -0.3 is 10.6 Å². The second-order valence-electron chi connectivity index (χ2n) is 4.96. The monoisotopic (exact) mass is 358 g/mol. The van der Waals surface area contributed by atoms with Crippen LogP contribution in [-0.4, -0.2) is 15.9 Å². The zero-order chi connectivity index (χ0) is 16.2. The molecule has 0 saturated carbocycles. The smallest absolute Gasteiger partial charge is 0.228 e. The van der Waals surface area contributed by atoms with Crippen molar-refractivity contribution < 1.29 is 4.79 Å². The molecule has 6 heteroatoms. The molecule has 0 bridgehead atoms. The predicted octanol–water partition coefficient (Wildman–Crippen LogP) is 4.86. The molecule has 0 unspecified atom stereocenters. The van der Waals surface area contributed by atoms with Gasteiger partial charge >= 0.3 is 0 Å². The average Bonchev–Trinajstić information content (AvgIpc) is 2.46. The van der Waals surface area contributed by atoms with Crippen molar-refractivity contribution in [3.05, 3.63) is 42.5 Å². The largest absolute Gasteiger partial charge is 0.361 e. The normalized spacial score (nSPS) is 12.9. The first-order valence-corrected chi connectivity index (χ1v) is 8.15. The lowest BCUT2D eigenvalue weighted by Crippen LogP contribution is -2.49. The Morgan fingerprint density at radius 2 is 1.82 bits per heavy atom. The number of carbonyl (C=O) groups is 1. The highest BCUT2D eigenvalue weighted by Gasteiger charge is 2.34. The van der Waals surface area contributed by atoms with Gasteiger partial charge in [-0.25, -0.2) is 0 Å². The highest BCUT2D eigenvalue weighted by Crippen LogP contribution is 2.33. The van der Waals surface area contributed by atoms with E-state index in [0.29, 0.717) is 6.42 Å². The molecular weight excluding hydrogens is 343 g/mol. The summed E-state index contributed by atoms with van der Waals surface area (Å²) in [6, 6.07) is 13.7. The van der Waals surface area contributed by atoms with E-state index >= 15 is 0 Å². The first-order chi connectivity index (χ1) is 10.4. The fourth-order valence-electron chi connectivity index (χ4n) is 2.17. The molecule has 0 aliphatic rings. The molecular formula is C16H17Cl3N2O. The topological polar surface area (TPSA) is 41.1 Å². The number of hydrogen-bond acceptors (Lipinski definition) is 2. The fraction of sp³-hybridized carbons (Fsp3) is 0.312. The molecule has 0 spiro atoms. The molecule has 3 nitrogen and oxygen atoms in total. The molecule has 0 aliphatic carbocycles. The molecule has 2 N–H and O–H groups in total. The van der Waals surface area contributed by atoms with Gasteiger partial charge in [0.2, 0.25) is 9.70 Å². The zero-order valence-corrected chi connectivity index (χ0v) is 14.3. The average molecular weight is 360 g/mol. The summed E-state index contributed by atoms with van der Waals surface area (Å²) >= 11 is 18.0. The molecule has 1 atom stereocenters. The lowest BCUT2D eigenvalue weighted by molar-refractivity contribution is -0.121. The van der Waals surface area contributed by atoms with E-state index < -0.39 is 9.96 Å². The maximum Gasteiger partial charge on any atom is 0.228 e. The minimum absolute atomic E-state index is 0.161. The molecule has 2 rings (SSSR count). The van der Waals surface area contributed by atoms with Crippen molar-refractivity contribution in [2.24, 2.45) is 0 Å². The van der Waals surface area contributed by atoms with Crippen molar-refractivity contribution in [3.63, 3.8) is 0 Å². The number of hydrogen-bond donors (Lipinski definition) is 2. The molecule has 0 heterocycles. The van der Waals surface area contributed by atoms with Gasteiger partial charge in [-0.1, -0.05) is 78.1 Å². The van der Waals surface area contributed by atoms with E-state index in [9.17, 15) is 4.79 Å². The highest BCUT2D eigenvalue weighted by molar-refractivity contribution is 6.68. The summed E-state index contributed by atoms with van der Waals surface area (Å²) in [6.07, 6.45) is 0.295. The molecule has 2 aromatic rings. The Labute approximate surface area is 144 Å². The Morgan fingerprint density at radius 3 is 2.50 bits per heavy atom. The predicted molar refractivity (Wildman–Crippen MR) is 94.7 cm³/mol. The van der Waals surface area contributed by atoms with Crippen LogP contribution in [0.25, 0.3) is 10.8 Å². The highest BCUT2D eigenvalue weighted by atomic mass is 35.6. The summed E-state index contributed by atoms with van der Waals surface area (Å²) in [5.74, 6) is -0.161. The first-order valence-electron chi connectivity index (χ1n) is 7.02. The van der Waals surface area contributed by atoms with Gasteiger partial charge in [0.15, 0.2) is 0 Å². The molecule has 0 aromatic heterocycles. The van der Waals surface area contributed by atoms with Gasteiger partial charge in [0.1, 0.15) is 6.17 Å². The Hall–Kier alpha value is -1.16. The van der Waals surface area contributed by atoms with E-state index in [1.165, 1.54) is 0 Å². The number of alkyl halides is 3. The second kappa shape index (κ2) is 7.40. The number of carbonyl (C=O) groups excluding carboxylic acids is 1. The van der Waals surface area contributed by atoms with Gasteiger partial charge in [-0.3, -0.25) is 4.79 Å². The summed E-state index contributed by atoms with van der Waals surface area (Å²) in [7, 11) is 0. The van der Waals surface area contributed by atoms with Crippen LogP contribution in [0.5, 0.6) is 0 Å². The van der Waals surface area contributed by atoms with Crippen LogP contribution in [0.4, 0.5) is 5.69 Å². The van der Waals surface area contributed by atoms with Gasteiger partial charge in [0.05, 0.1) is 0 Å². The third kappa shape index (κ3) is 4.42. The third-order valence-corrected chi connectivity index (χ3v) is 3.85. The lowest BCUT2D eigenvalue weighted by atomic mass is 10.1. The minimum atomic E-state index is -1.67. The van der Waals surface area contributed by atoms with Crippen molar-refractivity contribution in [1.29, 1.82) is 0 Å². The van der Waals surface area contributed by atoms with Crippen LogP contribution in [0.15, 0.2) is 42.5 Å². The number of anilines is 1. The van der Waals surface area contributed by atoms with Crippen molar-refractivity contribution in [3.8, 4) is 0 Å². The molecule has 0 radical (unpaired) electrons. The Morgan fingerprint density at radius 1 is 1.14 bits per heavy atom. The van der Waals surface area contributed by atoms with Gasteiger partial charge in [-0.05, 0) is 17.9 Å². The summed E-state index contributed by atoms with van der Waals surface area (Å²) in [6.45, 7) is 1.92. The Kier molecular flexibility index (Phi) is 5.79. The molecule has 2 aromatic carbocycles. The fourth-order valence-corrected chi connectivity index (χ4v) is 2.49. The number of fused-ring (bicyclic) bond motifs is 1. The second-order valence-corrected chi connectivity index (χ2v) is 7.33. The van der Waals surface area contributed by atoms with Crippen LogP contribution in [-0.2, 0) is 4.79 Å². The van der Waals surface area contributed by atoms with Crippen LogP contribution >= 0.6 is 34.8 Å². The van der Waals surface area contributed by atoms with Crippen LogP contribution in [0, 0.1) is 0 Å². The molecule has 22 heavy (non-hydrogen) atoms. The number of amides is 1. The Bertz CT molecular complexity index is 650. The standard InChI is InChI=1S/C16H17Cl3N2O/c1-2-6-14(22)21-15(16(17,18)19)20-13-10-5-8-11-7-3-4-9-12(11)13/h3-5,7-10,15,20H,2,6H2,1H3,(H,21,22)/t15-/m1/s1. The minimum Gasteiger partial charge on any atom is -0.361 e. The Balaban J connectivity index is 2.27. The molecule has 0 aliphatic heterocycles. The van der Waals surface area contributed by atoms with Gasteiger partial charge in [-0.2, -0.15) is 0 Å². The van der Waals surface area contributed by atoms with E-state index in [-0.39, 0.29) is 5.91 Å². The van der Waals surface area contributed by atoms with Crippen molar-refractivity contribution in [2.75, 3.05) is 5.32 Å². The van der Waals surface area contributed by atoms with Crippen LogP contribution in [0.3, 0.4) is 0 Å². The van der Waals surface area contributed by atoms with Gasteiger partial charge in [0.25, 0.3) is 0 Å². The van der Waals surface area contributed by atoms with Crippen molar-refractivity contribution in [1.82, 2.24) is 5.32 Å². The van der Waals surface area contributed by atoms with Gasteiger partial charge in [-0.15, -0.1) is 0 Å². The SMILES string of the molecule is CCCC(=O)N[C@@H](Nc1cccc2ccccc12)C(Cl)(Cl)Cl. The first kappa shape index (κ1) is 17.2. The van der Waals surface area contributed by atoms with Gasteiger partial charge in [0, 0.05) is 17.5 Å². The number of halogens is 3. The quantitative estimate of drug-likeness (QED) is 0.591. The van der Waals surface area contributed by atoms with Crippen LogP contribution in [0.1, 0.15) is 19.8 Å². The van der Waals surface area contributed by atoms with E-state index in [1.807, 2.05) is 49.4 Å². The summed E-state index contributed by atoms with van der Waals surface area (Å²) in [5, 5.41) is 7.91. The maximum absolute atomic E-state index is 11.8. The van der Waals surface area contributed by atoms with Crippen molar-refractivity contribution in [2.45, 2.75) is 29.7 Å². The van der Waals surface area contributed by atoms with Crippen LogP contribution in [0.2, 0.25) is 0 Å². The van der Waals surface area contributed by atoms with E-state index in [1.54, 1.807) is 0 Å². The van der Waals surface area contributed by atoms with E-state index in [4.69, 9.17) is 34.8 Å². The molecule has 118 valence electrons. The van der Waals surface area contributed by atoms with Crippen molar-refractivity contribution >= 4 is 57.2 Å². The zero-order valence-electron chi connectivity index (χ0n) is 12.1. The van der Waals surface area contributed by atoms with E-state index in [0.717, 1.165) is 22.9 Å². The lowest BCUT2D eigenvalue weighted by Gasteiger charge is -2.28. The number of rotatable bonds is 5. The van der Waals surface area contributed by atoms with Crippen LogP contribution < -0.4 is 10.6 Å². The molecule has 0 fully saturated rings. The summed E-state index contributed by atoms with van der Waals surface area (Å²) in [5.41, 5.74) is 0.797.